The zero-order valence-electron chi connectivity index (χ0n) is 11.5. The van der Waals surface area contributed by atoms with E-state index in [1.165, 1.54) is 23.2 Å². The van der Waals surface area contributed by atoms with Crippen LogP contribution in [0.5, 0.6) is 0 Å². The lowest BCUT2D eigenvalue weighted by atomic mass is 10.2. The molecule has 0 bridgehead atoms. The van der Waals surface area contributed by atoms with E-state index in [-0.39, 0.29) is 0 Å². The van der Waals surface area contributed by atoms with Crippen molar-refractivity contribution in [2.24, 2.45) is 0 Å². The van der Waals surface area contributed by atoms with Crippen LogP contribution in [-0.4, -0.2) is 60.9 Å². The van der Waals surface area contributed by atoms with Crippen LogP contribution in [-0.2, 0) is 9.53 Å². The summed E-state index contributed by atoms with van der Waals surface area (Å²) in [7, 11) is 0. The number of anilines is 1. The second-order valence-electron chi connectivity index (χ2n) is 4.70. The van der Waals surface area contributed by atoms with E-state index in [0.717, 1.165) is 5.13 Å². The van der Waals surface area contributed by atoms with Crippen LogP contribution < -0.4 is 4.90 Å². The van der Waals surface area contributed by atoms with Crippen LogP contribution >= 0.6 is 11.3 Å². The van der Waals surface area contributed by atoms with Gasteiger partial charge in [0, 0.05) is 37.8 Å². The van der Waals surface area contributed by atoms with E-state index >= 15 is 0 Å². The number of nitrogens with zero attached hydrogens (tertiary/aromatic N) is 3. The Kier molecular flexibility index (Phi) is 5.04. The minimum absolute atomic E-state index is 0.405. The van der Waals surface area contributed by atoms with Crippen LogP contribution in [0.2, 0.25) is 0 Å². The molecule has 9 heteroatoms. The number of aromatic nitrogens is 1. The normalized spacial score (nSPS) is 17.9. The monoisotopic (exact) mass is 323 g/mol. The van der Waals surface area contributed by atoms with Gasteiger partial charge in [0.05, 0.1) is 0 Å². The van der Waals surface area contributed by atoms with Crippen molar-refractivity contribution >= 4 is 22.4 Å². The van der Waals surface area contributed by atoms with E-state index in [2.05, 4.69) is 14.6 Å². The van der Waals surface area contributed by atoms with Crippen LogP contribution in [0.4, 0.5) is 18.3 Å². The van der Waals surface area contributed by atoms with E-state index < -0.39 is 24.8 Å². The van der Waals surface area contributed by atoms with Crippen molar-refractivity contribution in [1.29, 1.82) is 0 Å². The number of carbonyl (C=O) groups is 1. The lowest BCUT2D eigenvalue weighted by Gasteiger charge is -2.35. The fourth-order valence-electron chi connectivity index (χ4n) is 2.04. The molecule has 2 rings (SSSR count). The molecular formula is C12H16F3N3O2S. The van der Waals surface area contributed by atoms with Crippen molar-refractivity contribution in [3.8, 4) is 0 Å². The van der Waals surface area contributed by atoms with Gasteiger partial charge in [-0.25, -0.2) is 4.98 Å². The van der Waals surface area contributed by atoms with E-state index in [4.69, 9.17) is 0 Å². The van der Waals surface area contributed by atoms with Crippen LogP contribution in [0.15, 0.2) is 11.6 Å². The Hall–Kier alpha value is -1.35. The first-order chi connectivity index (χ1) is 9.87. The second-order valence-corrected chi connectivity index (χ2v) is 5.57. The topological polar surface area (TPSA) is 45.7 Å². The fraction of sp³-hybridized carbons (Fsp3) is 0.667. The molecule has 1 saturated heterocycles. The van der Waals surface area contributed by atoms with Gasteiger partial charge in [-0.05, 0) is 6.92 Å². The molecule has 0 saturated carbocycles. The predicted octanol–water partition coefficient (Wildman–Crippen LogP) is 1.76. The summed E-state index contributed by atoms with van der Waals surface area (Å²) in [5.41, 5.74) is 0. The number of ether oxygens (including phenoxy) is 1. The Bertz CT molecular complexity index is 459. The number of amides is 1. The van der Waals surface area contributed by atoms with Crippen molar-refractivity contribution in [2.75, 3.05) is 37.7 Å². The highest BCUT2D eigenvalue weighted by atomic mass is 32.1. The molecule has 0 spiro atoms. The third kappa shape index (κ3) is 4.57. The third-order valence-electron chi connectivity index (χ3n) is 3.13. The molecule has 1 aliphatic rings. The lowest BCUT2D eigenvalue weighted by molar-refractivity contribution is -0.188. The smallest absolute Gasteiger partial charge is 0.359 e. The number of halogens is 3. The minimum atomic E-state index is -4.42. The number of carbonyl (C=O) groups excluding carboxylic acids is 1. The van der Waals surface area contributed by atoms with Gasteiger partial charge in [-0.2, -0.15) is 13.2 Å². The predicted molar refractivity (Wildman–Crippen MR) is 72.4 cm³/mol. The molecule has 2 heterocycles. The molecule has 1 aromatic heterocycles. The van der Waals surface area contributed by atoms with Crippen molar-refractivity contribution in [3.63, 3.8) is 0 Å². The average Bonchev–Trinajstić information content (AvgIpc) is 2.97. The second kappa shape index (κ2) is 6.61. The lowest BCUT2D eigenvalue weighted by Crippen LogP contribution is -2.51. The summed E-state index contributed by atoms with van der Waals surface area (Å²) in [6.07, 6.45) is -3.79. The largest absolute Gasteiger partial charge is 0.411 e. The Morgan fingerprint density at radius 1 is 1.43 bits per heavy atom. The number of hydrogen-bond acceptors (Lipinski definition) is 5. The summed E-state index contributed by atoms with van der Waals surface area (Å²) in [4.78, 5) is 19.8. The summed E-state index contributed by atoms with van der Waals surface area (Å²) >= 11 is 1.52. The van der Waals surface area contributed by atoms with E-state index in [1.807, 2.05) is 5.38 Å². The van der Waals surface area contributed by atoms with E-state index in [0.29, 0.717) is 26.2 Å². The maximum absolute atomic E-state index is 12.1. The summed E-state index contributed by atoms with van der Waals surface area (Å²) in [6, 6.07) is 0. The van der Waals surface area contributed by atoms with Crippen LogP contribution in [0.1, 0.15) is 6.92 Å². The molecule has 1 atom stereocenters. The number of thiazole rings is 1. The summed E-state index contributed by atoms with van der Waals surface area (Å²) < 4.78 is 40.8. The maximum atomic E-state index is 12.1. The van der Waals surface area contributed by atoms with Gasteiger partial charge in [-0.3, -0.25) is 4.79 Å². The minimum Gasteiger partial charge on any atom is -0.359 e. The first-order valence-electron chi connectivity index (χ1n) is 6.48. The SMILES string of the molecule is C[C@H](OCC(F)(F)F)C(=O)N1CCN(c2nccs2)CC1. The van der Waals surface area contributed by atoms with Crippen molar-refractivity contribution < 1.29 is 22.7 Å². The van der Waals surface area contributed by atoms with Crippen molar-refractivity contribution in [2.45, 2.75) is 19.2 Å². The Morgan fingerprint density at radius 3 is 2.62 bits per heavy atom. The Balaban J connectivity index is 1.80. The fourth-order valence-corrected chi connectivity index (χ4v) is 2.73. The van der Waals surface area contributed by atoms with Gasteiger partial charge in [0.15, 0.2) is 5.13 Å². The molecule has 1 aliphatic heterocycles. The van der Waals surface area contributed by atoms with Gasteiger partial charge in [0.25, 0.3) is 5.91 Å². The van der Waals surface area contributed by atoms with Crippen LogP contribution in [0.25, 0.3) is 0 Å². The standard InChI is InChI=1S/C12H16F3N3O2S/c1-9(20-8-12(13,14)15)10(19)17-3-5-18(6-4-17)11-16-2-7-21-11/h2,7,9H,3-6,8H2,1H3/t9-/m0/s1. The van der Waals surface area contributed by atoms with Crippen LogP contribution in [0.3, 0.4) is 0 Å². The molecule has 0 aliphatic carbocycles. The molecule has 5 nitrogen and oxygen atoms in total. The summed E-state index contributed by atoms with van der Waals surface area (Å²) in [5.74, 6) is -0.405. The molecule has 1 aromatic rings. The molecule has 1 fully saturated rings. The first kappa shape index (κ1) is 16.0. The van der Waals surface area contributed by atoms with Gasteiger partial charge >= 0.3 is 6.18 Å². The maximum Gasteiger partial charge on any atom is 0.411 e. The highest BCUT2D eigenvalue weighted by Crippen LogP contribution is 2.20. The van der Waals surface area contributed by atoms with E-state index in [1.54, 1.807) is 6.20 Å². The molecule has 0 unspecified atom stereocenters. The molecule has 118 valence electrons. The molecule has 0 aromatic carbocycles. The zero-order valence-corrected chi connectivity index (χ0v) is 12.3. The third-order valence-corrected chi connectivity index (χ3v) is 3.96. The summed E-state index contributed by atoms with van der Waals surface area (Å²) in [6.45, 7) is 2.09. The first-order valence-corrected chi connectivity index (χ1v) is 7.36. The van der Waals surface area contributed by atoms with Crippen molar-refractivity contribution in [3.05, 3.63) is 11.6 Å². The Labute approximate surface area is 124 Å². The van der Waals surface area contributed by atoms with Gasteiger partial charge in [0.1, 0.15) is 12.7 Å². The molecule has 0 radical (unpaired) electrons. The van der Waals surface area contributed by atoms with Gasteiger partial charge in [-0.15, -0.1) is 11.3 Å². The van der Waals surface area contributed by atoms with Gasteiger partial charge < -0.3 is 14.5 Å². The number of hydrogen-bond donors (Lipinski definition) is 0. The van der Waals surface area contributed by atoms with Crippen molar-refractivity contribution in [1.82, 2.24) is 9.88 Å². The molecule has 0 N–H and O–H groups in total. The van der Waals surface area contributed by atoms with Gasteiger partial charge in [0.2, 0.25) is 0 Å². The Morgan fingerprint density at radius 2 is 2.10 bits per heavy atom. The quantitative estimate of drug-likeness (QED) is 0.847. The molecule has 21 heavy (non-hydrogen) atoms. The zero-order chi connectivity index (χ0) is 15.5. The summed E-state index contributed by atoms with van der Waals surface area (Å²) in [5, 5.41) is 2.77. The number of piperazine rings is 1. The highest BCUT2D eigenvalue weighted by molar-refractivity contribution is 7.13. The highest BCUT2D eigenvalue weighted by Gasteiger charge is 2.32. The van der Waals surface area contributed by atoms with Crippen LogP contribution in [0, 0.1) is 0 Å². The van der Waals surface area contributed by atoms with E-state index in [9.17, 15) is 18.0 Å². The van der Waals surface area contributed by atoms with Gasteiger partial charge in [-0.1, -0.05) is 0 Å². The average molecular weight is 323 g/mol. The molecular weight excluding hydrogens is 307 g/mol. The number of rotatable bonds is 4. The molecule has 1 amide bonds. The number of alkyl halides is 3.